The summed E-state index contributed by atoms with van der Waals surface area (Å²) < 4.78 is 4.61. The van der Waals surface area contributed by atoms with Crippen molar-refractivity contribution in [3.05, 3.63) is 48.8 Å². The summed E-state index contributed by atoms with van der Waals surface area (Å²) in [4.78, 5) is 11.5. The maximum atomic E-state index is 4.54. The summed E-state index contributed by atoms with van der Waals surface area (Å²) in [5, 5.41) is 0. The van der Waals surface area contributed by atoms with Gasteiger partial charge in [0.25, 0.3) is 0 Å². The highest BCUT2D eigenvalue weighted by Crippen LogP contribution is 2.23. The zero-order valence-electron chi connectivity index (χ0n) is 15.2. The highest BCUT2D eigenvalue weighted by molar-refractivity contribution is 5.75. The van der Waals surface area contributed by atoms with Gasteiger partial charge in [-0.1, -0.05) is 12.1 Å². The van der Waals surface area contributed by atoms with Crippen LogP contribution in [0.4, 0.5) is 0 Å². The van der Waals surface area contributed by atoms with Gasteiger partial charge in [-0.05, 0) is 51.3 Å². The van der Waals surface area contributed by atoms with Crippen molar-refractivity contribution in [2.24, 2.45) is 5.92 Å². The maximum absolute atomic E-state index is 4.54. The molecule has 0 radical (unpaired) electrons. The van der Waals surface area contributed by atoms with Crippen LogP contribution in [-0.4, -0.2) is 43.6 Å². The zero-order valence-corrected chi connectivity index (χ0v) is 15.2. The molecule has 2 aromatic heterocycles. The monoisotopic (exact) mass is 337 g/mol. The third-order valence-electron chi connectivity index (χ3n) is 5.46. The Morgan fingerprint density at radius 3 is 2.96 bits per heavy atom. The molecular formula is C20H27N5. The molecule has 3 heterocycles. The summed E-state index contributed by atoms with van der Waals surface area (Å²) in [6, 6.07) is 8.83. The number of fused-ring (bicyclic) bond motifs is 1. The SMILES string of the molecule is Cc1nccn1CC1CCCN(CC(C)n2cnc3ccccc32)C1. The molecule has 1 aliphatic rings. The Morgan fingerprint density at radius 1 is 1.24 bits per heavy atom. The highest BCUT2D eigenvalue weighted by atomic mass is 15.2. The van der Waals surface area contributed by atoms with E-state index in [2.05, 4.69) is 68.3 Å². The van der Waals surface area contributed by atoms with Crippen LogP contribution in [0.25, 0.3) is 11.0 Å². The lowest BCUT2D eigenvalue weighted by Crippen LogP contribution is -2.39. The molecule has 0 amide bonds. The van der Waals surface area contributed by atoms with Crippen LogP contribution in [0, 0.1) is 12.8 Å². The fourth-order valence-electron chi connectivity index (χ4n) is 4.13. The van der Waals surface area contributed by atoms with Crippen molar-refractivity contribution in [3.8, 4) is 0 Å². The van der Waals surface area contributed by atoms with Gasteiger partial charge in [-0.3, -0.25) is 0 Å². The molecule has 1 aliphatic heterocycles. The van der Waals surface area contributed by atoms with E-state index >= 15 is 0 Å². The topological polar surface area (TPSA) is 38.9 Å². The van der Waals surface area contributed by atoms with Gasteiger partial charge in [0.05, 0.1) is 17.4 Å². The average molecular weight is 337 g/mol. The van der Waals surface area contributed by atoms with Gasteiger partial charge in [0.1, 0.15) is 5.82 Å². The minimum Gasteiger partial charge on any atom is -0.335 e. The summed E-state index contributed by atoms with van der Waals surface area (Å²) in [5.74, 6) is 1.84. The first-order chi connectivity index (χ1) is 12.2. The second kappa shape index (κ2) is 7.00. The van der Waals surface area contributed by atoms with Crippen LogP contribution < -0.4 is 0 Å². The van der Waals surface area contributed by atoms with E-state index in [4.69, 9.17) is 0 Å². The first-order valence-electron chi connectivity index (χ1n) is 9.32. The number of benzene rings is 1. The van der Waals surface area contributed by atoms with Crippen molar-refractivity contribution in [2.45, 2.75) is 39.3 Å². The Kier molecular flexibility index (Phi) is 4.57. The first-order valence-corrected chi connectivity index (χ1v) is 9.32. The number of hydrogen-bond donors (Lipinski definition) is 0. The molecule has 132 valence electrons. The Bertz CT molecular complexity index is 833. The molecule has 5 heteroatoms. The fourth-order valence-corrected chi connectivity index (χ4v) is 4.13. The Morgan fingerprint density at radius 2 is 2.12 bits per heavy atom. The van der Waals surface area contributed by atoms with E-state index in [1.807, 2.05) is 12.5 Å². The summed E-state index contributed by atoms with van der Waals surface area (Å²) in [7, 11) is 0. The standard InChI is InChI=1S/C20H27N5/c1-16(25-15-22-19-7-3-4-8-20(19)25)12-23-10-5-6-18(13-23)14-24-11-9-21-17(24)2/h3-4,7-9,11,15-16,18H,5-6,10,12-14H2,1-2H3. The molecule has 5 nitrogen and oxygen atoms in total. The normalized spacial score (nSPS) is 20.2. The Balaban J connectivity index is 1.41. The smallest absolute Gasteiger partial charge is 0.105 e. The maximum Gasteiger partial charge on any atom is 0.105 e. The molecule has 0 N–H and O–H groups in total. The number of para-hydroxylation sites is 2. The lowest BCUT2D eigenvalue weighted by Gasteiger charge is -2.35. The molecule has 0 aliphatic carbocycles. The molecule has 2 atom stereocenters. The molecule has 25 heavy (non-hydrogen) atoms. The second-order valence-electron chi connectivity index (χ2n) is 7.38. The molecule has 1 aromatic carbocycles. The van der Waals surface area contributed by atoms with Crippen LogP contribution in [0.5, 0.6) is 0 Å². The summed E-state index contributed by atoms with van der Waals surface area (Å²) in [5.41, 5.74) is 2.32. The molecule has 1 fully saturated rings. The molecule has 0 saturated carbocycles. The molecule has 0 spiro atoms. The number of aryl methyl sites for hydroxylation is 1. The van der Waals surface area contributed by atoms with Gasteiger partial charge in [-0.15, -0.1) is 0 Å². The van der Waals surface area contributed by atoms with Crippen LogP contribution in [0.2, 0.25) is 0 Å². The van der Waals surface area contributed by atoms with Crippen molar-refractivity contribution in [1.82, 2.24) is 24.0 Å². The fraction of sp³-hybridized carbons (Fsp3) is 0.500. The van der Waals surface area contributed by atoms with Gasteiger partial charge >= 0.3 is 0 Å². The summed E-state index contributed by atoms with van der Waals surface area (Å²) in [6.07, 6.45) is 8.61. The number of rotatable bonds is 5. The van der Waals surface area contributed by atoms with E-state index in [0.29, 0.717) is 12.0 Å². The van der Waals surface area contributed by atoms with Gasteiger partial charge in [0.2, 0.25) is 0 Å². The molecular weight excluding hydrogens is 310 g/mol. The van der Waals surface area contributed by atoms with Gasteiger partial charge in [-0.25, -0.2) is 9.97 Å². The first kappa shape index (κ1) is 16.3. The number of likely N-dealkylation sites (tertiary alicyclic amines) is 1. The minimum atomic E-state index is 0.432. The minimum absolute atomic E-state index is 0.432. The van der Waals surface area contributed by atoms with E-state index < -0.39 is 0 Å². The van der Waals surface area contributed by atoms with E-state index in [1.54, 1.807) is 0 Å². The quantitative estimate of drug-likeness (QED) is 0.715. The Hall–Kier alpha value is -2.14. The molecule has 3 aromatic rings. The zero-order chi connectivity index (χ0) is 17.2. The van der Waals surface area contributed by atoms with Crippen LogP contribution in [0.15, 0.2) is 43.0 Å². The highest BCUT2D eigenvalue weighted by Gasteiger charge is 2.22. The van der Waals surface area contributed by atoms with Crippen LogP contribution in [0.1, 0.15) is 31.6 Å². The Labute approximate surface area is 149 Å². The summed E-state index contributed by atoms with van der Waals surface area (Å²) in [6.45, 7) is 8.94. The number of nitrogens with zero attached hydrogens (tertiary/aromatic N) is 5. The van der Waals surface area contributed by atoms with Crippen LogP contribution >= 0.6 is 0 Å². The number of piperidine rings is 1. The number of aromatic nitrogens is 4. The van der Waals surface area contributed by atoms with Gasteiger partial charge < -0.3 is 14.0 Å². The van der Waals surface area contributed by atoms with Crippen LogP contribution in [-0.2, 0) is 6.54 Å². The largest absolute Gasteiger partial charge is 0.335 e. The predicted molar refractivity (Wildman–Crippen MR) is 101 cm³/mol. The molecule has 2 unspecified atom stereocenters. The third-order valence-corrected chi connectivity index (χ3v) is 5.46. The van der Waals surface area contributed by atoms with E-state index in [9.17, 15) is 0 Å². The lowest BCUT2D eigenvalue weighted by atomic mass is 9.97. The number of imidazole rings is 2. The van der Waals surface area contributed by atoms with Crippen molar-refractivity contribution >= 4 is 11.0 Å². The van der Waals surface area contributed by atoms with Crippen molar-refractivity contribution in [3.63, 3.8) is 0 Å². The second-order valence-corrected chi connectivity index (χ2v) is 7.38. The van der Waals surface area contributed by atoms with E-state index in [-0.39, 0.29) is 0 Å². The average Bonchev–Trinajstić information content (AvgIpc) is 3.22. The van der Waals surface area contributed by atoms with Crippen molar-refractivity contribution < 1.29 is 0 Å². The van der Waals surface area contributed by atoms with Gasteiger partial charge in [-0.2, -0.15) is 0 Å². The molecule has 0 bridgehead atoms. The number of hydrogen-bond acceptors (Lipinski definition) is 3. The van der Waals surface area contributed by atoms with E-state index in [0.717, 1.165) is 24.4 Å². The van der Waals surface area contributed by atoms with Crippen LogP contribution in [0.3, 0.4) is 0 Å². The van der Waals surface area contributed by atoms with Gasteiger partial charge in [0, 0.05) is 38.1 Å². The predicted octanol–water partition coefficient (Wildman–Crippen LogP) is 3.51. The molecule has 1 saturated heterocycles. The third kappa shape index (κ3) is 3.47. The molecule has 4 rings (SSSR count). The van der Waals surface area contributed by atoms with Crippen molar-refractivity contribution in [1.29, 1.82) is 0 Å². The van der Waals surface area contributed by atoms with E-state index in [1.165, 1.54) is 31.4 Å². The summed E-state index contributed by atoms with van der Waals surface area (Å²) >= 11 is 0. The van der Waals surface area contributed by atoms with Gasteiger partial charge in [0.15, 0.2) is 0 Å². The van der Waals surface area contributed by atoms with Crippen molar-refractivity contribution in [2.75, 3.05) is 19.6 Å². The lowest BCUT2D eigenvalue weighted by molar-refractivity contribution is 0.146.